The molecule has 116 valence electrons. The number of alkyl halides is 3. The molecule has 2 amide bonds. The van der Waals surface area contributed by atoms with Crippen LogP contribution in [0.2, 0.25) is 0 Å². The van der Waals surface area contributed by atoms with Crippen LogP contribution in [0.4, 0.5) is 23.7 Å². The first-order chi connectivity index (χ1) is 9.74. The van der Waals surface area contributed by atoms with Crippen LogP contribution in [0.5, 0.6) is 0 Å². The molecule has 0 bridgehead atoms. The Morgan fingerprint density at radius 2 is 2.00 bits per heavy atom. The van der Waals surface area contributed by atoms with Crippen molar-refractivity contribution < 1.29 is 27.9 Å². The van der Waals surface area contributed by atoms with Gasteiger partial charge in [0.25, 0.3) is 0 Å². The smallest absolute Gasteiger partial charge is 0.416 e. The van der Waals surface area contributed by atoms with E-state index in [1.807, 2.05) is 0 Å². The molecule has 21 heavy (non-hydrogen) atoms. The Morgan fingerprint density at radius 1 is 1.33 bits per heavy atom. The molecule has 0 radical (unpaired) electrons. The maximum Gasteiger partial charge on any atom is 0.416 e. The number of carbonyl (C=O) groups is 2. The van der Waals surface area contributed by atoms with Crippen LogP contribution in [-0.2, 0) is 11.0 Å². The molecule has 0 fully saturated rings. The van der Waals surface area contributed by atoms with Crippen molar-refractivity contribution in [1.82, 2.24) is 5.32 Å². The molecule has 1 rings (SSSR count). The summed E-state index contributed by atoms with van der Waals surface area (Å²) >= 11 is 0. The zero-order chi connectivity index (χ0) is 16.0. The van der Waals surface area contributed by atoms with Gasteiger partial charge in [-0.25, -0.2) is 9.59 Å². The van der Waals surface area contributed by atoms with Gasteiger partial charge in [-0.2, -0.15) is 13.2 Å². The molecule has 0 heterocycles. The second-order valence-corrected chi connectivity index (χ2v) is 4.36. The molecule has 1 aromatic carbocycles. The van der Waals surface area contributed by atoms with E-state index in [0.29, 0.717) is 6.42 Å². The predicted octanol–water partition coefficient (Wildman–Crippen LogP) is 3.08. The molecule has 5 nitrogen and oxygen atoms in total. The summed E-state index contributed by atoms with van der Waals surface area (Å²) in [6.07, 6.45) is -3.74. The number of urea groups is 1. The van der Waals surface area contributed by atoms with Crippen LogP contribution in [0.25, 0.3) is 0 Å². The summed E-state index contributed by atoms with van der Waals surface area (Å²) in [7, 11) is 0. The lowest BCUT2D eigenvalue weighted by atomic mass is 10.2. The average molecular weight is 304 g/mol. The molecular weight excluding hydrogens is 289 g/mol. The van der Waals surface area contributed by atoms with Gasteiger partial charge in [-0.1, -0.05) is 19.4 Å². The number of anilines is 1. The maximum atomic E-state index is 12.5. The van der Waals surface area contributed by atoms with Crippen molar-refractivity contribution in [2.45, 2.75) is 32.0 Å². The van der Waals surface area contributed by atoms with E-state index in [9.17, 15) is 22.8 Å². The first-order valence-electron chi connectivity index (χ1n) is 6.21. The molecule has 1 aromatic rings. The molecule has 3 N–H and O–H groups in total. The van der Waals surface area contributed by atoms with Gasteiger partial charge in [-0.15, -0.1) is 0 Å². The minimum absolute atomic E-state index is 0.0667. The van der Waals surface area contributed by atoms with Gasteiger partial charge in [0.05, 0.1) is 5.56 Å². The fourth-order valence-corrected chi connectivity index (χ4v) is 1.64. The zero-order valence-corrected chi connectivity index (χ0v) is 11.2. The zero-order valence-electron chi connectivity index (χ0n) is 11.2. The Kier molecular flexibility index (Phi) is 5.57. The third kappa shape index (κ3) is 5.33. The number of carbonyl (C=O) groups excluding carboxylic acids is 1. The van der Waals surface area contributed by atoms with Crippen LogP contribution < -0.4 is 10.6 Å². The van der Waals surface area contributed by atoms with Crippen molar-refractivity contribution >= 4 is 17.7 Å². The SMILES string of the molecule is CCC[C@@H](NC(=O)Nc1cccc(C(F)(F)F)c1)C(=O)O. The molecule has 8 heteroatoms. The predicted molar refractivity (Wildman–Crippen MR) is 69.9 cm³/mol. The van der Waals surface area contributed by atoms with Crippen molar-refractivity contribution in [3.05, 3.63) is 29.8 Å². The number of hydrogen-bond acceptors (Lipinski definition) is 2. The minimum atomic E-state index is -4.51. The lowest BCUT2D eigenvalue weighted by Crippen LogP contribution is -2.42. The van der Waals surface area contributed by atoms with E-state index >= 15 is 0 Å². The summed E-state index contributed by atoms with van der Waals surface area (Å²) in [5.41, 5.74) is -0.966. The molecule has 0 aliphatic rings. The van der Waals surface area contributed by atoms with Crippen molar-refractivity contribution in [1.29, 1.82) is 0 Å². The Bertz CT molecular complexity index is 518. The number of nitrogens with one attached hydrogen (secondary N) is 2. The maximum absolute atomic E-state index is 12.5. The van der Waals surface area contributed by atoms with Crippen molar-refractivity contribution in [3.8, 4) is 0 Å². The van der Waals surface area contributed by atoms with Gasteiger partial charge in [0, 0.05) is 5.69 Å². The van der Waals surface area contributed by atoms with E-state index in [4.69, 9.17) is 5.11 Å². The topological polar surface area (TPSA) is 78.4 Å². The number of carboxylic acid groups (broad SMARTS) is 1. The monoisotopic (exact) mass is 304 g/mol. The van der Waals surface area contributed by atoms with E-state index in [-0.39, 0.29) is 12.1 Å². The van der Waals surface area contributed by atoms with Gasteiger partial charge < -0.3 is 15.7 Å². The molecule has 0 saturated carbocycles. The van der Waals surface area contributed by atoms with Crippen LogP contribution in [0.3, 0.4) is 0 Å². The third-order valence-corrected chi connectivity index (χ3v) is 2.63. The molecule has 1 atom stereocenters. The number of hydrogen-bond donors (Lipinski definition) is 3. The van der Waals surface area contributed by atoms with E-state index in [1.165, 1.54) is 6.07 Å². The molecule has 0 unspecified atom stereocenters. The minimum Gasteiger partial charge on any atom is -0.480 e. The second-order valence-electron chi connectivity index (χ2n) is 4.36. The molecule has 0 aromatic heterocycles. The van der Waals surface area contributed by atoms with E-state index in [2.05, 4.69) is 10.6 Å². The Labute approximate surface area is 119 Å². The van der Waals surface area contributed by atoms with Gasteiger partial charge in [-0.05, 0) is 24.6 Å². The van der Waals surface area contributed by atoms with Crippen LogP contribution >= 0.6 is 0 Å². The van der Waals surface area contributed by atoms with E-state index < -0.39 is 29.8 Å². The summed E-state index contributed by atoms with van der Waals surface area (Å²) in [5, 5.41) is 13.3. The molecule has 0 aliphatic heterocycles. The molecular formula is C13H15F3N2O3. The first-order valence-corrected chi connectivity index (χ1v) is 6.21. The summed E-state index contributed by atoms with van der Waals surface area (Å²) in [6, 6.07) is 2.13. The Hall–Kier alpha value is -2.25. The highest BCUT2D eigenvalue weighted by Crippen LogP contribution is 2.30. The lowest BCUT2D eigenvalue weighted by Gasteiger charge is -2.15. The quantitative estimate of drug-likeness (QED) is 0.782. The van der Waals surface area contributed by atoms with Gasteiger partial charge in [0.15, 0.2) is 0 Å². The van der Waals surface area contributed by atoms with Crippen LogP contribution in [0.15, 0.2) is 24.3 Å². The van der Waals surface area contributed by atoms with Gasteiger partial charge in [-0.3, -0.25) is 0 Å². The first kappa shape index (κ1) is 16.8. The van der Waals surface area contributed by atoms with Crippen LogP contribution in [-0.4, -0.2) is 23.1 Å². The van der Waals surface area contributed by atoms with Crippen molar-refractivity contribution in [2.24, 2.45) is 0 Å². The highest BCUT2D eigenvalue weighted by Gasteiger charge is 2.30. The number of rotatable bonds is 5. The normalized spacial score (nSPS) is 12.6. The summed E-state index contributed by atoms with van der Waals surface area (Å²) < 4.78 is 37.5. The standard InChI is InChI=1S/C13H15F3N2O3/c1-2-4-10(11(19)20)18-12(21)17-9-6-3-5-8(7-9)13(14,15)16/h3,5-7,10H,2,4H2,1H3,(H,19,20)(H2,17,18,21)/t10-/m1/s1. The van der Waals surface area contributed by atoms with E-state index in [0.717, 1.165) is 18.2 Å². The van der Waals surface area contributed by atoms with Crippen LogP contribution in [0.1, 0.15) is 25.3 Å². The van der Waals surface area contributed by atoms with Crippen molar-refractivity contribution in [3.63, 3.8) is 0 Å². The van der Waals surface area contributed by atoms with Gasteiger partial charge in [0.1, 0.15) is 6.04 Å². The number of amides is 2. The number of aliphatic carboxylic acids is 1. The fraction of sp³-hybridized carbons (Fsp3) is 0.385. The molecule has 0 spiro atoms. The largest absolute Gasteiger partial charge is 0.480 e. The fourth-order valence-electron chi connectivity index (χ4n) is 1.64. The highest BCUT2D eigenvalue weighted by molar-refractivity contribution is 5.92. The average Bonchev–Trinajstić information content (AvgIpc) is 2.37. The highest BCUT2D eigenvalue weighted by atomic mass is 19.4. The Morgan fingerprint density at radius 3 is 2.52 bits per heavy atom. The van der Waals surface area contributed by atoms with Gasteiger partial charge >= 0.3 is 18.2 Å². The molecule has 0 saturated heterocycles. The second kappa shape index (κ2) is 6.96. The summed E-state index contributed by atoms with van der Waals surface area (Å²) in [5.74, 6) is -1.20. The number of halogens is 3. The number of carboxylic acids is 1. The lowest BCUT2D eigenvalue weighted by molar-refractivity contribution is -0.139. The summed E-state index contributed by atoms with van der Waals surface area (Å²) in [6.45, 7) is 1.75. The summed E-state index contributed by atoms with van der Waals surface area (Å²) in [4.78, 5) is 22.5. The Balaban J connectivity index is 2.73. The molecule has 0 aliphatic carbocycles. The third-order valence-electron chi connectivity index (χ3n) is 2.63. The van der Waals surface area contributed by atoms with Gasteiger partial charge in [0.2, 0.25) is 0 Å². The van der Waals surface area contributed by atoms with Crippen molar-refractivity contribution in [2.75, 3.05) is 5.32 Å². The number of benzene rings is 1. The van der Waals surface area contributed by atoms with Crippen LogP contribution in [0, 0.1) is 0 Å². The van der Waals surface area contributed by atoms with E-state index in [1.54, 1.807) is 6.92 Å².